The van der Waals surface area contributed by atoms with E-state index in [0.29, 0.717) is 18.7 Å². The molecule has 0 atom stereocenters. The number of anilines is 1. The summed E-state index contributed by atoms with van der Waals surface area (Å²) in [5, 5.41) is 7.72. The van der Waals surface area contributed by atoms with Gasteiger partial charge in [-0.15, -0.1) is 0 Å². The Hall–Kier alpha value is -3.16. The lowest BCUT2D eigenvalue weighted by Gasteiger charge is -2.09. The van der Waals surface area contributed by atoms with Crippen LogP contribution in [-0.2, 0) is 11.2 Å². The molecule has 0 heterocycles. The number of rotatable bonds is 8. The van der Waals surface area contributed by atoms with Crippen LogP contribution < -0.4 is 20.7 Å². The van der Waals surface area contributed by atoms with Gasteiger partial charge in [0.25, 0.3) is 0 Å². The van der Waals surface area contributed by atoms with Crippen molar-refractivity contribution in [3.05, 3.63) is 60.2 Å². The normalized spacial score (nSPS) is 10.3. The van der Waals surface area contributed by atoms with Crippen LogP contribution in [0.2, 0.25) is 0 Å². The van der Waals surface area contributed by atoms with E-state index in [4.69, 9.17) is 0 Å². The third kappa shape index (κ3) is 7.16. The van der Waals surface area contributed by atoms with Gasteiger partial charge in [0.05, 0.1) is 6.54 Å². The summed E-state index contributed by atoms with van der Waals surface area (Å²) in [4.78, 5) is 23.4. The zero-order valence-electron chi connectivity index (χ0n) is 13.9. The summed E-state index contributed by atoms with van der Waals surface area (Å²) in [6.45, 7) is -2.65. The zero-order chi connectivity index (χ0) is 18.8. The SMILES string of the molecule is O=C(CNC(=O)Nc1ccccc1)NCCc1ccc(OC(F)F)cc1. The highest BCUT2D eigenvalue weighted by molar-refractivity contribution is 5.92. The average Bonchev–Trinajstić information content (AvgIpc) is 2.62. The Morgan fingerprint density at radius 1 is 0.962 bits per heavy atom. The van der Waals surface area contributed by atoms with Gasteiger partial charge in [0.1, 0.15) is 5.75 Å². The molecule has 6 nitrogen and oxygen atoms in total. The molecule has 2 aromatic rings. The van der Waals surface area contributed by atoms with Crippen LogP contribution in [0.4, 0.5) is 19.3 Å². The number of hydrogen-bond donors (Lipinski definition) is 3. The molecule has 0 aliphatic rings. The molecule has 138 valence electrons. The number of benzene rings is 2. The molecular weight excluding hydrogens is 344 g/mol. The second kappa shape index (κ2) is 9.97. The van der Waals surface area contributed by atoms with E-state index in [1.54, 1.807) is 36.4 Å². The predicted octanol–water partition coefficient (Wildman–Crippen LogP) is 2.77. The maximum atomic E-state index is 12.1. The van der Waals surface area contributed by atoms with Gasteiger partial charge in [0.15, 0.2) is 0 Å². The summed E-state index contributed by atoms with van der Waals surface area (Å²) >= 11 is 0. The van der Waals surface area contributed by atoms with Crippen molar-refractivity contribution in [2.75, 3.05) is 18.4 Å². The molecule has 26 heavy (non-hydrogen) atoms. The van der Waals surface area contributed by atoms with Crippen LogP contribution in [0.1, 0.15) is 5.56 Å². The number of carbonyl (C=O) groups excluding carboxylic acids is 2. The van der Waals surface area contributed by atoms with E-state index in [-0.39, 0.29) is 18.2 Å². The maximum Gasteiger partial charge on any atom is 0.387 e. The highest BCUT2D eigenvalue weighted by Gasteiger charge is 2.06. The molecular formula is C18H19F2N3O3. The Labute approximate surface area is 149 Å². The molecule has 0 aliphatic carbocycles. The number of urea groups is 1. The Balaban J connectivity index is 1.63. The molecule has 0 spiro atoms. The minimum Gasteiger partial charge on any atom is -0.435 e. The second-order valence-electron chi connectivity index (χ2n) is 5.30. The van der Waals surface area contributed by atoms with E-state index >= 15 is 0 Å². The molecule has 3 amide bonds. The molecule has 0 saturated carbocycles. The lowest BCUT2D eigenvalue weighted by molar-refractivity contribution is -0.120. The molecule has 3 N–H and O–H groups in total. The van der Waals surface area contributed by atoms with Gasteiger partial charge in [-0.3, -0.25) is 4.79 Å². The topological polar surface area (TPSA) is 79.5 Å². The van der Waals surface area contributed by atoms with Crippen LogP contribution in [0.25, 0.3) is 0 Å². The van der Waals surface area contributed by atoms with Crippen LogP contribution >= 0.6 is 0 Å². The van der Waals surface area contributed by atoms with Crippen molar-refractivity contribution in [1.29, 1.82) is 0 Å². The van der Waals surface area contributed by atoms with Crippen molar-refractivity contribution in [2.45, 2.75) is 13.0 Å². The summed E-state index contributed by atoms with van der Waals surface area (Å²) < 4.78 is 28.4. The summed E-state index contributed by atoms with van der Waals surface area (Å²) in [6, 6.07) is 14.6. The van der Waals surface area contributed by atoms with Crippen molar-refractivity contribution in [1.82, 2.24) is 10.6 Å². The maximum absolute atomic E-state index is 12.1. The first kappa shape index (κ1) is 19.2. The third-order valence-corrected chi connectivity index (χ3v) is 3.33. The van der Waals surface area contributed by atoms with Gasteiger partial charge in [-0.1, -0.05) is 30.3 Å². The summed E-state index contributed by atoms with van der Waals surface area (Å²) in [5.41, 5.74) is 1.49. The Morgan fingerprint density at radius 2 is 1.65 bits per heavy atom. The molecule has 2 rings (SSSR count). The van der Waals surface area contributed by atoms with Gasteiger partial charge in [0, 0.05) is 12.2 Å². The first-order valence-corrected chi connectivity index (χ1v) is 7.93. The van der Waals surface area contributed by atoms with Crippen molar-refractivity contribution >= 4 is 17.6 Å². The molecule has 0 aromatic heterocycles. The number of carbonyl (C=O) groups is 2. The van der Waals surface area contributed by atoms with Gasteiger partial charge < -0.3 is 20.7 Å². The number of amides is 3. The standard InChI is InChI=1S/C18H19F2N3O3/c19-17(20)26-15-8-6-13(7-9-15)10-11-21-16(24)12-22-18(25)23-14-4-2-1-3-5-14/h1-9,17H,10-12H2,(H,21,24)(H2,22,23,25). The minimum atomic E-state index is -2.85. The third-order valence-electron chi connectivity index (χ3n) is 3.33. The van der Waals surface area contributed by atoms with Gasteiger partial charge in [-0.05, 0) is 36.2 Å². The van der Waals surface area contributed by atoms with Crippen LogP contribution in [0, 0.1) is 0 Å². The molecule has 2 aromatic carbocycles. The van der Waals surface area contributed by atoms with E-state index in [2.05, 4.69) is 20.7 Å². The smallest absolute Gasteiger partial charge is 0.387 e. The van der Waals surface area contributed by atoms with Gasteiger partial charge in [-0.2, -0.15) is 8.78 Å². The van der Waals surface area contributed by atoms with Crippen molar-refractivity contribution < 1.29 is 23.1 Å². The first-order chi connectivity index (χ1) is 12.5. The number of hydrogen-bond acceptors (Lipinski definition) is 3. The predicted molar refractivity (Wildman–Crippen MR) is 93.3 cm³/mol. The fraction of sp³-hybridized carbons (Fsp3) is 0.222. The molecule has 0 aliphatic heterocycles. The fourth-order valence-corrected chi connectivity index (χ4v) is 2.10. The number of alkyl halides is 2. The van der Waals surface area contributed by atoms with Crippen LogP contribution in [0.3, 0.4) is 0 Å². The summed E-state index contributed by atoms with van der Waals surface area (Å²) in [5.74, 6) is -0.243. The molecule has 0 radical (unpaired) electrons. The van der Waals surface area contributed by atoms with Crippen molar-refractivity contribution in [3.63, 3.8) is 0 Å². The summed E-state index contributed by atoms with van der Waals surface area (Å²) in [6.07, 6.45) is 0.525. The van der Waals surface area contributed by atoms with Gasteiger partial charge in [-0.25, -0.2) is 4.79 Å². The van der Waals surface area contributed by atoms with Gasteiger partial charge >= 0.3 is 12.6 Å². The number of para-hydroxylation sites is 1. The fourth-order valence-electron chi connectivity index (χ4n) is 2.10. The van der Waals surface area contributed by atoms with E-state index < -0.39 is 12.6 Å². The quantitative estimate of drug-likeness (QED) is 0.675. The Morgan fingerprint density at radius 3 is 2.31 bits per heavy atom. The van der Waals surface area contributed by atoms with E-state index in [0.717, 1.165) is 5.56 Å². The highest BCUT2D eigenvalue weighted by Crippen LogP contribution is 2.14. The first-order valence-electron chi connectivity index (χ1n) is 7.93. The van der Waals surface area contributed by atoms with E-state index in [1.807, 2.05) is 6.07 Å². The monoisotopic (exact) mass is 363 g/mol. The Kier molecular flexibility index (Phi) is 7.35. The average molecular weight is 363 g/mol. The van der Waals surface area contributed by atoms with E-state index in [1.165, 1.54) is 12.1 Å². The number of halogens is 2. The molecule has 8 heteroatoms. The second-order valence-corrected chi connectivity index (χ2v) is 5.30. The molecule has 0 fully saturated rings. The van der Waals surface area contributed by atoms with Crippen LogP contribution in [0.15, 0.2) is 54.6 Å². The minimum absolute atomic E-state index is 0.0846. The lowest BCUT2D eigenvalue weighted by Crippen LogP contribution is -2.39. The van der Waals surface area contributed by atoms with E-state index in [9.17, 15) is 18.4 Å². The number of nitrogens with one attached hydrogen (secondary N) is 3. The van der Waals surface area contributed by atoms with Crippen molar-refractivity contribution in [2.24, 2.45) is 0 Å². The number of ether oxygens (including phenoxy) is 1. The largest absolute Gasteiger partial charge is 0.435 e. The molecule has 0 unspecified atom stereocenters. The van der Waals surface area contributed by atoms with Crippen LogP contribution in [-0.4, -0.2) is 31.6 Å². The zero-order valence-corrected chi connectivity index (χ0v) is 13.9. The molecule has 0 bridgehead atoms. The summed E-state index contributed by atoms with van der Waals surface area (Å²) in [7, 11) is 0. The van der Waals surface area contributed by atoms with Gasteiger partial charge in [0.2, 0.25) is 5.91 Å². The van der Waals surface area contributed by atoms with Crippen LogP contribution in [0.5, 0.6) is 5.75 Å². The van der Waals surface area contributed by atoms with Crippen molar-refractivity contribution in [3.8, 4) is 5.75 Å². The highest BCUT2D eigenvalue weighted by atomic mass is 19.3. The lowest BCUT2D eigenvalue weighted by atomic mass is 10.1. The Bertz CT molecular complexity index is 709. The molecule has 0 saturated heterocycles.